The average molecular weight is 204 g/mol. The minimum absolute atomic E-state index is 0.343. The lowest BCUT2D eigenvalue weighted by atomic mass is 10.2. The molecule has 0 atom stereocenters. The fraction of sp³-hybridized carbons (Fsp3) is 0.250. The Morgan fingerprint density at radius 3 is 2.53 bits per heavy atom. The van der Waals surface area contributed by atoms with Crippen molar-refractivity contribution in [1.82, 2.24) is 0 Å². The van der Waals surface area contributed by atoms with Crippen LogP contribution in [0, 0.1) is 11.8 Å². The summed E-state index contributed by atoms with van der Waals surface area (Å²) in [7, 11) is 1.60. The molecule has 1 rings (SSSR count). The van der Waals surface area contributed by atoms with Crippen LogP contribution in [0.5, 0.6) is 5.75 Å². The molecule has 0 spiro atoms. The van der Waals surface area contributed by atoms with Gasteiger partial charge in [-0.3, -0.25) is 0 Å². The topological polar surface area (TPSA) is 35.5 Å². The molecule has 0 unspecified atom stereocenters. The van der Waals surface area contributed by atoms with E-state index in [9.17, 15) is 4.79 Å². The van der Waals surface area contributed by atoms with E-state index in [1.165, 1.54) is 0 Å². The van der Waals surface area contributed by atoms with E-state index in [4.69, 9.17) is 4.74 Å². The highest BCUT2D eigenvalue weighted by Crippen LogP contribution is 2.09. The molecule has 0 saturated heterocycles. The summed E-state index contributed by atoms with van der Waals surface area (Å²) in [5.41, 5.74) is 0.754. The third kappa shape index (κ3) is 3.74. The summed E-state index contributed by atoms with van der Waals surface area (Å²) in [6, 6.07) is 7.14. The van der Waals surface area contributed by atoms with Crippen LogP contribution in [-0.2, 0) is 9.53 Å². The highest BCUT2D eigenvalue weighted by atomic mass is 16.5. The Morgan fingerprint density at radius 1 is 1.33 bits per heavy atom. The van der Waals surface area contributed by atoms with Crippen molar-refractivity contribution < 1.29 is 14.3 Å². The minimum Gasteiger partial charge on any atom is -0.497 e. The molecule has 1 aromatic carbocycles. The number of carbonyl (C=O) groups is 1. The van der Waals surface area contributed by atoms with Crippen molar-refractivity contribution in [2.75, 3.05) is 13.7 Å². The van der Waals surface area contributed by atoms with Gasteiger partial charge in [0.15, 0.2) is 0 Å². The van der Waals surface area contributed by atoms with Gasteiger partial charge in [-0.2, -0.15) is 0 Å². The number of benzene rings is 1. The summed E-state index contributed by atoms with van der Waals surface area (Å²) in [4.78, 5) is 10.9. The predicted octanol–water partition coefficient (Wildman–Crippen LogP) is 1.61. The molecule has 0 aromatic heterocycles. The molecule has 0 amide bonds. The van der Waals surface area contributed by atoms with Gasteiger partial charge >= 0.3 is 5.97 Å². The van der Waals surface area contributed by atoms with Gasteiger partial charge in [-0.15, -0.1) is 0 Å². The van der Waals surface area contributed by atoms with Crippen LogP contribution in [0.15, 0.2) is 24.3 Å². The maximum Gasteiger partial charge on any atom is 0.384 e. The quantitative estimate of drug-likeness (QED) is 0.542. The summed E-state index contributed by atoms with van der Waals surface area (Å²) in [5.74, 6) is 5.34. The van der Waals surface area contributed by atoms with E-state index in [0.29, 0.717) is 6.61 Å². The minimum atomic E-state index is -0.506. The van der Waals surface area contributed by atoms with Crippen LogP contribution < -0.4 is 4.74 Å². The SMILES string of the molecule is CCOC(=O)C#Cc1ccc(OC)cc1. The van der Waals surface area contributed by atoms with Gasteiger partial charge in [-0.05, 0) is 31.2 Å². The van der Waals surface area contributed by atoms with Crippen molar-refractivity contribution in [1.29, 1.82) is 0 Å². The molecule has 3 heteroatoms. The number of methoxy groups -OCH3 is 1. The molecule has 0 bridgehead atoms. The third-order valence-corrected chi connectivity index (χ3v) is 1.67. The molecular weight excluding hydrogens is 192 g/mol. The molecule has 0 radical (unpaired) electrons. The molecule has 0 aliphatic heterocycles. The number of hydrogen-bond acceptors (Lipinski definition) is 3. The van der Waals surface area contributed by atoms with Crippen LogP contribution in [0.2, 0.25) is 0 Å². The number of esters is 1. The zero-order valence-corrected chi connectivity index (χ0v) is 8.74. The van der Waals surface area contributed by atoms with Crippen LogP contribution in [0.25, 0.3) is 0 Å². The van der Waals surface area contributed by atoms with Gasteiger partial charge in [-0.25, -0.2) is 4.79 Å². The molecule has 78 valence electrons. The molecule has 0 aliphatic rings. The molecule has 0 fully saturated rings. The first-order valence-electron chi connectivity index (χ1n) is 4.59. The number of ether oxygens (including phenoxy) is 2. The van der Waals surface area contributed by atoms with Crippen LogP contribution in [0.4, 0.5) is 0 Å². The summed E-state index contributed by atoms with van der Waals surface area (Å²) in [5, 5.41) is 0. The van der Waals surface area contributed by atoms with Crippen LogP contribution in [0.3, 0.4) is 0 Å². The van der Waals surface area contributed by atoms with E-state index in [1.807, 2.05) is 0 Å². The summed E-state index contributed by atoms with van der Waals surface area (Å²) < 4.78 is 9.66. The van der Waals surface area contributed by atoms with Gasteiger partial charge in [-0.1, -0.05) is 5.92 Å². The smallest absolute Gasteiger partial charge is 0.384 e. The number of carbonyl (C=O) groups excluding carboxylic acids is 1. The molecule has 0 heterocycles. The predicted molar refractivity (Wildman–Crippen MR) is 56.5 cm³/mol. The van der Waals surface area contributed by atoms with Crippen molar-refractivity contribution in [2.45, 2.75) is 6.92 Å². The second-order valence-electron chi connectivity index (χ2n) is 2.70. The summed E-state index contributed by atoms with van der Waals surface area (Å²) >= 11 is 0. The lowest BCUT2D eigenvalue weighted by molar-refractivity contribution is -0.136. The third-order valence-electron chi connectivity index (χ3n) is 1.67. The molecule has 1 aromatic rings. The van der Waals surface area contributed by atoms with Crippen LogP contribution in [0.1, 0.15) is 12.5 Å². The second kappa shape index (κ2) is 5.71. The maximum absolute atomic E-state index is 10.9. The van der Waals surface area contributed by atoms with Crippen molar-refractivity contribution in [3.05, 3.63) is 29.8 Å². The van der Waals surface area contributed by atoms with Gasteiger partial charge in [0.25, 0.3) is 0 Å². The molecule has 3 nitrogen and oxygen atoms in total. The van der Waals surface area contributed by atoms with Crippen LogP contribution >= 0.6 is 0 Å². The fourth-order valence-electron chi connectivity index (χ4n) is 0.965. The Bertz CT molecular complexity index is 382. The van der Waals surface area contributed by atoms with Gasteiger partial charge in [0.2, 0.25) is 0 Å². The van der Waals surface area contributed by atoms with Crippen molar-refractivity contribution in [2.24, 2.45) is 0 Å². The zero-order chi connectivity index (χ0) is 11.1. The average Bonchev–Trinajstić information content (AvgIpc) is 2.27. The number of rotatable bonds is 2. The van der Waals surface area contributed by atoms with Crippen molar-refractivity contribution >= 4 is 5.97 Å². The van der Waals surface area contributed by atoms with Gasteiger partial charge < -0.3 is 9.47 Å². The monoisotopic (exact) mass is 204 g/mol. The van der Waals surface area contributed by atoms with Gasteiger partial charge in [0.1, 0.15) is 5.75 Å². The van der Waals surface area contributed by atoms with E-state index in [2.05, 4.69) is 16.6 Å². The highest BCUT2D eigenvalue weighted by molar-refractivity contribution is 5.89. The Morgan fingerprint density at radius 2 is 2.00 bits per heavy atom. The first-order valence-corrected chi connectivity index (χ1v) is 4.59. The normalized spacial score (nSPS) is 8.67. The van der Waals surface area contributed by atoms with Crippen molar-refractivity contribution in [3.8, 4) is 17.6 Å². The molecular formula is C12H12O3. The molecule has 15 heavy (non-hydrogen) atoms. The zero-order valence-electron chi connectivity index (χ0n) is 8.74. The Labute approximate surface area is 89.0 Å². The summed E-state index contributed by atoms with van der Waals surface area (Å²) in [6.45, 7) is 2.09. The highest BCUT2D eigenvalue weighted by Gasteiger charge is 1.93. The molecule has 0 saturated carbocycles. The van der Waals surface area contributed by atoms with Crippen LogP contribution in [-0.4, -0.2) is 19.7 Å². The Hall–Kier alpha value is -1.95. The first kappa shape index (κ1) is 11.1. The second-order valence-corrected chi connectivity index (χ2v) is 2.70. The van der Waals surface area contributed by atoms with Crippen molar-refractivity contribution in [3.63, 3.8) is 0 Å². The Kier molecular flexibility index (Phi) is 4.24. The maximum atomic E-state index is 10.9. The molecule has 0 N–H and O–H groups in total. The largest absolute Gasteiger partial charge is 0.497 e. The standard InChI is InChI=1S/C12H12O3/c1-3-15-12(13)9-6-10-4-7-11(14-2)8-5-10/h4-5,7-8H,3H2,1-2H3. The van der Waals surface area contributed by atoms with E-state index in [0.717, 1.165) is 11.3 Å². The first-order chi connectivity index (χ1) is 7.26. The fourth-order valence-corrected chi connectivity index (χ4v) is 0.965. The number of hydrogen-bond donors (Lipinski definition) is 0. The van der Waals surface area contributed by atoms with E-state index >= 15 is 0 Å². The van der Waals surface area contributed by atoms with E-state index in [-0.39, 0.29) is 0 Å². The lowest BCUT2D eigenvalue weighted by Gasteiger charge is -1.97. The van der Waals surface area contributed by atoms with Gasteiger partial charge in [0, 0.05) is 11.5 Å². The van der Waals surface area contributed by atoms with Gasteiger partial charge in [0.05, 0.1) is 13.7 Å². The lowest BCUT2D eigenvalue weighted by Crippen LogP contribution is -1.99. The summed E-state index contributed by atoms with van der Waals surface area (Å²) in [6.07, 6.45) is 0. The Balaban J connectivity index is 2.68. The van der Waals surface area contributed by atoms with E-state index < -0.39 is 5.97 Å². The molecule has 0 aliphatic carbocycles. The van der Waals surface area contributed by atoms with E-state index in [1.54, 1.807) is 38.3 Å².